The third-order valence-corrected chi connectivity index (χ3v) is 7.09. The summed E-state index contributed by atoms with van der Waals surface area (Å²) in [4.78, 5) is 27.0. The van der Waals surface area contributed by atoms with Crippen molar-refractivity contribution in [3.63, 3.8) is 0 Å². The number of hydrogen-bond acceptors (Lipinski definition) is 4. The Morgan fingerprint density at radius 2 is 1.61 bits per heavy atom. The molecular weight excluding hydrogens is 484 g/mol. The number of carbonyl (C=O) groups is 2. The van der Waals surface area contributed by atoms with Gasteiger partial charge in [-0.05, 0) is 36.8 Å². The molecule has 10 heteroatoms. The lowest BCUT2D eigenvalue weighted by atomic mass is 10.1. The van der Waals surface area contributed by atoms with Crippen molar-refractivity contribution in [2.75, 3.05) is 32.0 Å². The third-order valence-electron chi connectivity index (χ3n) is 4.74. The summed E-state index contributed by atoms with van der Waals surface area (Å²) in [7, 11) is 0.366. The van der Waals surface area contributed by atoms with Gasteiger partial charge in [0.05, 0.1) is 5.69 Å². The van der Waals surface area contributed by atoms with Crippen LogP contribution in [0.1, 0.15) is 12.5 Å². The first-order valence-corrected chi connectivity index (χ1v) is 11.8. The monoisotopic (exact) mass is 510 g/mol. The second-order valence-electron chi connectivity index (χ2n) is 7.07. The molecule has 0 spiro atoms. The van der Waals surface area contributed by atoms with Gasteiger partial charge in [-0.25, -0.2) is 4.31 Å². The van der Waals surface area contributed by atoms with Gasteiger partial charge in [-0.2, -0.15) is 12.7 Å². The molecule has 1 atom stereocenters. The number of nitrogens with one attached hydrogen (secondary N) is 1. The van der Waals surface area contributed by atoms with E-state index in [2.05, 4.69) is 21.2 Å². The molecule has 0 aromatic heterocycles. The quantitative estimate of drug-likeness (QED) is 0.559. The molecule has 1 N–H and O–H groups in total. The third kappa shape index (κ3) is 6.28. The van der Waals surface area contributed by atoms with Crippen molar-refractivity contribution in [1.82, 2.24) is 14.5 Å². The Morgan fingerprint density at radius 1 is 1.03 bits per heavy atom. The molecule has 0 bridgehead atoms. The minimum absolute atomic E-state index is 0.158. The van der Waals surface area contributed by atoms with Crippen LogP contribution in [0, 0.1) is 0 Å². The predicted octanol–water partition coefficient (Wildman–Crippen LogP) is 2.23. The standard InChI is InChI=1S/C21H27BrN4O4S/c1-16(21(28)23-2)25(14-17-10-12-18(22)13-11-17)20(27)15-26(31(29,30)24(3)4)19-8-6-5-7-9-19/h5-13,16H,14-15H2,1-4H3,(H,23,28)/t16-/m1/s1. The SMILES string of the molecule is CNC(=O)[C@@H](C)N(Cc1ccc(Br)cc1)C(=O)CN(c1ccccc1)S(=O)(=O)N(C)C. The number of anilines is 1. The molecule has 2 aromatic carbocycles. The Bertz CT molecular complexity index is 998. The predicted molar refractivity (Wildman–Crippen MR) is 125 cm³/mol. The molecule has 0 unspecified atom stereocenters. The number of likely N-dealkylation sites (N-methyl/N-ethyl adjacent to an activating group) is 1. The molecule has 2 aromatic rings. The van der Waals surface area contributed by atoms with Crippen molar-refractivity contribution in [3.8, 4) is 0 Å². The van der Waals surface area contributed by atoms with E-state index in [4.69, 9.17) is 0 Å². The molecule has 0 aliphatic rings. The molecule has 0 fully saturated rings. The summed E-state index contributed by atoms with van der Waals surface area (Å²) in [6.07, 6.45) is 0. The van der Waals surface area contributed by atoms with E-state index in [1.54, 1.807) is 37.3 Å². The molecule has 0 aliphatic carbocycles. The van der Waals surface area contributed by atoms with Crippen molar-refractivity contribution in [3.05, 3.63) is 64.6 Å². The Kier molecular flexibility index (Phi) is 8.60. The lowest BCUT2D eigenvalue weighted by molar-refractivity contribution is -0.139. The Labute approximate surface area is 192 Å². The number of para-hydroxylation sites is 1. The summed E-state index contributed by atoms with van der Waals surface area (Å²) < 4.78 is 28.9. The van der Waals surface area contributed by atoms with Crippen LogP contribution >= 0.6 is 15.9 Å². The highest BCUT2D eigenvalue weighted by Gasteiger charge is 2.32. The molecule has 2 rings (SSSR count). The molecule has 0 aliphatic heterocycles. The summed E-state index contributed by atoms with van der Waals surface area (Å²) in [5.74, 6) is -0.833. The van der Waals surface area contributed by atoms with E-state index >= 15 is 0 Å². The van der Waals surface area contributed by atoms with Crippen molar-refractivity contribution < 1.29 is 18.0 Å². The molecule has 0 saturated carbocycles. The number of amides is 2. The highest BCUT2D eigenvalue weighted by Crippen LogP contribution is 2.20. The first-order chi connectivity index (χ1) is 14.6. The Balaban J connectivity index is 2.40. The summed E-state index contributed by atoms with van der Waals surface area (Å²) in [6, 6.07) is 15.0. The molecule has 0 saturated heterocycles. The second-order valence-corrected chi connectivity index (χ2v) is 10.1. The maximum atomic E-state index is 13.3. The van der Waals surface area contributed by atoms with E-state index in [1.165, 1.54) is 26.0 Å². The fraction of sp³-hybridized carbons (Fsp3) is 0.333. The molecule has 0 heterocycles. The van der Waals surface area contributed by atoms with Gasteiger partial charge in [-0.1, -0.05) is 46.3 Å². The maximum Gasteiger partial charge on any atom is 0.304 e. The lowest BCUT2D eigenvalue weighted by Gasteiger charge is -2.32. The van der Waals surface area contributed by atoms with E-state index in [0.717, 1.165) is 18.6 Å². The van der Waals surface area contributed by atoms with Gasteiger partial charge in [0.1, 0.15) is 12.6 Å². The number of hydrogen-bond donors (Lipinski definition) is 1. The van der Waals surface area contributed by atoms with E-state index in [-0.39, 0.29) is 12.5 Å². The topological polar surface area (TPSA) is 90.0 Å². The number of nitrogens with zero attached hydrogens (tertiary/aromatic N) is 3. The van der Waals surface area contributed by atoms with Gasteiger partial charge in [-0.15, -0.1) is 0 Å². The maximum absolute atomic E-state index is 13.3. The van der Waals surface area contributed by atoms with E-state index in [1.807, 2.05) is 24.3 Å². The van der Waals surface area contributed by atoms with Crippen molar-refractivity contribution in [1.29, 1.82) is 0 Å². The largest absolute Gasteiger partial charge is 0.357 e. The van der Waals surface area contributed by atoms with E-state index < -0.39 is 28.7 Å². The molecule has 168 valence electrons. The number of rotatable bonds is 9. The van der Waals surface area contributed by atoms with Crippen LogP contribution in [-0.2, 0) is 26.3 Å². The zero-order valence-corrected chi connectivity index (χ0v) is 20.4. The molecule has 2 amide bonds. The van der Waals surface area contributed by atoms with Crippen LogP contribution in [0.4, 0.5) is 5.69 Å². The normalized spacial score (nSPS) is 12.3. The van der Waals surface area contributed by atoms with E-state index in [9.17, 15) is 18.0 Å². The fourth-order valence-electron chi connectivity index (χ4n) is 2.89. The van der Waals surface area contributed by atoms with Crippen molar-refractivity contribution in [2.24, 2.45) is 0 Å². The van der Waals surface area contributed by atoms with Gasteiger partial charge < -0.3 is 10.2 Å². The Morgan fingerprint density at radius 3 is 2.13 bits per heavy atom. The number of benzene rings is 2. The molecular formula is C21H27BrN4O4S. The van der Waals surface area contributed by atoms with Gasteiger partial charge in [0.25, 0.3) is 0 Å². The second kappa shape index (κ2) is 10.7. The van der Waals surface area contributed by atoms with Crippen LogP contribution in [0.3, 0.4) is 0 Å². The minimum Gasteiger partial charge on any atom is -0.357 e. The first-order valence-electron chi connectivity index (χ1n) is 9.58. The fourth-order valence-corrected chi connectivity index (χ4v) is 4.21. The van der Waals surface area contributed by atoms with Crippen LogP contribution in [0.15, 0.2) is 59.1 Å². The summed E-state index contributed by atoms with van der Waals surface area (Å²) in [6.45, 7) is 1.33. The smallest absolute Gasteiger partial charge is 0.304 e. The summed E-state index contributed by atoms with van der Waals surface area (Å²) >= 11 is 3.38. The van der Waals surface area contributed by atoms with Crippen LogP contribution in [0.5, 0.6) is 0 Å². The highest BCUT2D eigenvalue weighted by atomic mass is 79.9. The zero-order valence-electron chi connectivity index (χ0n) is 17.9. The number of carbonyl (C=O) groups excluding carboxylic acids is 2. The average molecular weight is 511 g/mol. The zero-order chi connectivity index (χ0) is 23.2. The summed E-state index contributed by atoms with van der Waals surface area (Å²) in [5.41, 5.74) is 1.18. The van der Waals surface area contributed by atoms with Crippen molar-refractivity contribution in [2.45, 2.75) is 19.5 Å². The highest BCUT2D eigenvalue weighted by molar-refractivity contribution is 9.10. The van der Waals surface area contributed by atoms with Gasteiger partial charge in [0, 0.05) is 32.2 Å². The first kappa shape index (κ1) is 24.8. The molecule has 8 nitrogen and oxygen atoms in total. The van der Waals surface area contributed by atoms with Crippen LogP contribution in [-0.4, -0.2) is 63.2 Å². The average Bonchev–Trinajstić information content (AvgIpc) is 2.76. The Hall–Kier alpha value is -2.43. The molecule has 31 heavy (non-hydrogen) atoms. The van der Waals surface area contributed by atoms with E-state index in [0.29, 0.717) is 5.69 Å². The van der Waals surface area contributed by atoms with Crippen LogP contribution in [0.2, 0.25) is 0 Å². The van der Waals surface area contributed by atoms with Gasteiger partial charge >= 0.3 is 10.2 Å². The van der Waals surface area contributed by atoms with Crippen molar-refractivity contribution >= 4 is 43.6 Å². The van der Waals surface area contributed by atoms with Crippen LogP contribution < -0.4 is 9.62 Å². The van der Waals surface area contributed by atoms with Crippen LogP contribution in [0.25, 0.3) is 0 Å². The van der Waals surface area contributed by atoms with Gasteiger partial charge in [-0.3, -0.25) is 9.59 Å². The van der Waals surface area contributed by atoms with Gasteiger partial charge in [0.2, 0.25) is 11.8 Å². The number of halogens is 1. The molecule has 0 radical (unpaired) electrons. The van der Waals surface area contributed by atoms with Gasteiger partial charge in [0.15, 0.2) is 0 Å². The summed E-state index contributed by atoms with van der Waals surface area (Å²) in [5, 5.41) is 2.55. The lowest BCUT2D eigenvalue weighted by Crippen LogP contribution is -2.52. The minimum atomic E-state index is -3.94.